The first-order valence-corrected chi connectivity index (χ1v) is 8.41. The van der Waals surface area contributed by atoms with Crippen LogP contribution in [0.15, 0.2) is 0 Å². The molecular formula is C10H16N4O3S2. The molecule has 1 saturated heterocycles. The largest absolute Gasteiger partial charge is 0.382 e. The van der Waals surface area contributed by atoms with E-state index < -0.39 is 15.1 Å². The molecule has 9 heteroatoms. The van der Waals surface area contributed by atoms with E-state index in [1.807, 2.05) is 0 Å². The molecule has 106 valence electrons. The summed E-state index contributed by atoms with van der Waals surface area (Å²) in [5.41, 5.74) is 5.64. The summed E-state index contributed by atoms with van der Waals surface area (Å²) in [7, 11) is -1.36. The van der Waals surface area contributed by atoms with Gasteiger partial charge in [0, 0.05) is 13.6 Å². The lowest BCUT2D eigenvalue weighted by Crippen LogP contribution is -2.34. The maximum atomic E-state index is 11.9. The zero-order valence-corrected chi connectivity index (χ0v) is 12.1. The van der Waals surface area contributed by atoms with E-state index in [1.54, 1.807) is 7.05 Å². The minimum Gasteiger partial charge on any atom is -0.382 e. The highest BCUT2D eigenvalue weighted by Crippen LogP contribution is 2.24. The number of rotatable bonds is 4. The van der Waals surface area contributed by atoms with Crippen molar-refractivity contribution in [3.8, 4) is 0 Å². The average molecular weight is 304 g/mol. The monoisotopic (exact) mass is 304 g/mol. The van der Waals surface area contributed by atoms with Gasteiger partial charge in [-0.25, -0.2) is 13.4 Å². The summed E-state index contributed by atoms with van der Waals surface area (Å²) in [6.07, 6.45) is 1.26. The Morgan fingerprint density at radius 2 is 2.32 bits per heavy atom. The van der Waals surface area contributed by atoms with E-state index in [0.717, 1.165) is 11.3 Å². The lowest BCUT2D eigenvalue weighted by molar-refractivity contribution is 0.0958. The van der Waals surface area contributed by atoms with Crippen LogP contribution in [0.4, 0.5) is 10.9 Å². The average Bonchev–Trinajstić information content (AvgIpc) is 2.89. The number of amides is 1. The Bertz CT molecular complexity index is 582. The van der Waals surface area contributed by atoms with Crippen molar-refractivity contribution in [1.29, 1.82) is 0 Å². The van der Waals surface area contributed by atoms with Crippen LogP contribution in [0.3, 0.4) is 0 Å². The van der Waals surface area contributed by atoms with E-state index in [-0.39, 0.29) is 24.0 Å². The van der Waals surface area contributed by atoms with Crippen LogP contribution in [0.25, 0.3) is 0 Å². The van der Waals surface area contributed by atoms with Gasteiger partial charge in [0.15, 0.2) is 15.0 Å². The van der Waals surface area contributed by atoms with Crippen LogP contribution in [0.2, 0.25) is 0 Å². The SMILES string of the molecule is CNc1nc(N)c(C(=O)NCC2CCCS2(=O)=O)s1. The van der Waals surface area contributed by atoms with Gasteiger partial charge in [0.25, 0.3) is 5.91 Å². The number of aromatic nitrogens is 1. The smallest absolute Gasteiger partial charge is 0.265 e. The van der Waals surface area contributed by atoms with Gasteiger partial charge in [-0.1, -0.05) is 11.3 Å². The number of hydrogen-bond acceptors (Lipinski definition) is 7. The third-order valence-corrected chi connectivity index (χ3v) is 6.39. The van der Waals surface area contributed by atoms with Crippen LogP contribution in [0.1, 0.15) is 22.5 Å². The second kappa shape index (κ2) is 5.33. The van der Waals surface area contributed by atoms with E-state index in [1.165, 1.54) is 0 Å². The molecule has 0 spiro atoms. The second-order valence-electron chi connectivity index (χ2n) is 4.32. The maximum absolute atomic E-state index is 11.9. The first kappa shape index (κ1) is 14.1. The quantitative estimate of drug-likeness (QED) is 0.725. The number of sulfone groups is 1. The van der Waals surface area contributed by atoms with Crippen LogP contribution in [0.5, 0.6) is 0 Å². The molecule has 1 atom stereocenters. The van der Waals surface area contributed by atoms with Gasteiger partial charge >= 0.3 is 0 Å². The molecule has 0 saturated carbocycles. The predicted octanol–water partition coefficient (Wildman–Crippen LogP) is 0.0740. The summed E-state index contributed by atoms with van der Waals surface area (Å²) in [6.45, 7) is 0.132. The van der Waals surface area contributed by atoms with E-state index in [4.69, 9.17) is 5.73 Å². The highest BCUT2D eigenvalue weighted by Gasteiger charge is 2.31. The van der Waals surface area contributed by atoms with Crippen LogP contribution in [-0.4, -0.2) is 43.9 Å². The molecule has 1 aliphatic rings. The third-order valence-electron chi connectivity index (χ3n) is 3.03. The topological polar surface area (TPSA) is 114 Å². The van der Waals surface area contributed by atoms with Crippen molar-refractivity contribution in [3.63, 3.8) is 0 Å². The molecule has 1 aliphatic heterocycles. The molecule has 2 rings (SSSR count). The first-order valence-electron chi connectivity index (χ1n) is 5.88. The van der Waals surface area contributed by atoms with Gasteiger partial charge in [0.05, 0.1) is 11.0 Å². The molecule has 1 fully saturated rings. The standard InChI is InChI=1S/C10H16N4O3S2/c1-12-10-14-8(11)7(18-10)9(15)13-5-6-3-2-4-19(6,16)17/h6H,2-5,11H2,1H3,(H,12,14)(H,13,15). The molecule has 1 aromatic heterocycles. The maximum Gasteiger partial charge on any atom is 0.265 e. The summed E-state index contributed by atoms with van der Waals surface area (Å²) >= 11 is 1.14. The third kappa shape index (κ3) is 2.98. The number of nitrogens with one attached hydrogen (secondary N) is 2. The van der Waals surface area contributed by atoms with Crippen LogP contribution in [-0.2, 0) is 9.84 Å². The summed E-state index contributed by atoms with van der Waals surface area (Å²) in [6, 6.07) is 0. The number of carbonyl (C=O) groups is 1. The van der Waals surface area contributed by atoms with Crippen LogP contribution in [0, 0.1) is 0 Å². The van der Waals surface area contributed by atoms with Gasteiger partial charge in [0.2, 0.25) is 0 Å². The predicted molar refractivity (Wildman–Crippen MR) is 75.2 cm³/mol. The number of nitrogens with two attached hydrogens (primary N) is 1. The molecule has 1 amide bonds. The summed E-state index contributed by atoms with van der Waals surface area (Å²) < 4.78 is 23.3. The fourth-order valence-electron chi connectivity index (χ4n) is 1.98. The fourth-order valence-corrected chi connectivity index (χ4v) is 4.50. The molecule has 19 heavy (non-hydrogen) atoms. The van der Waals surface area contributed by atoms with E-state index in [9.17, 15) is 13.2 Å². The molecule has 0 aromatic carbocycles. The number of thiazole rings is 1. The highest BCUT2D eigenvalue weighted by atomic mass is 32.2. The van der Waals surface area contributed by atoms with E-state index in [2.05, 4.69) is 15.6 Å². The molecule has 0 aliphatic carbocycles. The van der Waals surface area contributed by atoms with Crippen molar-refractivity contribution in [3.05, 3.63) is 4.88 Å². The Hall–Kier alpha value is -1.35. The molecule has 0 bridgehead atoms. The molecule has 2 heterocycles. The van der Waals surface area contributed by atoms with Crippen molar-refractivity contribution in [2.75, 3.05) is 30.4 Å². The van der Waals surface area contributed by atoms with E-state index in [0.29, 0.717) is 22.9 Å². The zero-order chi connectivity index (χ0) is 14.0. The zero-order valence-electron chi connectivity index (χ0n) is 10.5. The molecule has 4 N–H and O–H groups in total. The van der Waals surface area contributed by atoms with Crippen molar-refractivity contribution in [1.82, 2.24) is 10.3 Å². The molecule has 1 unspecified atom stereocenters. The van der Waals surface area contributed by atoms with E-state index >= 15 is 0 Å². The Morgan fingerprint density at radius 1 is 1.58 bits per heavy atom. The highest BCUT2D eigenvalue weighted by molar-refractivity contribution is 7.92. The minimum absolute atomic E-state index is 0.132. The normalized spacial score (nSPS) is 21.2. The Morgan fingerprint density at radius 3 is 2.84 bits per heavy atom. The number of nitrogen functional groups attached to an aromatic ring is 1. The van der Waals surface area contributed by atoms with Crippen molar-refractivity contribution in [2.45, 2.75) is 18.1 Å². The lowest BCUT2D eigenvalue weighted by Gasteiger charge is -2.09. The first-order chi connectivity index (χ1) is 8.94. The second-order valence-corrected chi connectivity index (χ2v) is 7.72. The number of anilines is 2. The van der Waals surface area contributed by atoms with Gasteiger partial charge in [-0.15, -0.1) is 0 Å². The lowest BCUT2D eigenvalue weighted by atomic mass is 10.2. The summed E-state index contributed by atoms with van der Waals surface area (Å²) in [5.74, 6) is -0.0140. The number of nitrogens with zero attached hydrogens (tertiary/aromatic N) is 1. The Kier molecular flexibility index (Phi) is 3.95. The molecular weight excluding hydrogens is 288 g/mol. The van der Waals surface area contributed by atoms with Gasteiger partial charge in [-0.3, -0.25) is 4.79 Å². The summed E-state index contributed by atoms with van der Waals surface area (Å²) in [5, 5.41) is 5.50. The summed E-state index contributed by atoms with van der Waals surface area (Å²) in [4.78, 5) is 16.2. The molecule has 0 radical (unpaired) electrons. The van der Waals surface area contributed by atoms with Crippen LogP contribution < -0.4 is 16.4 Å². The number of hydrogen-bond donors (Lipinski definition) is 3. The number of carbonyl (C=O) groups excluding carboxylic acids is 1. The van der Waals surface area contributed by atoms with Crippen molar-refractivity contribution < 1.29 is 13.2 Å². The van der Waals surface area contributed by atoms with Gasteiger partial charge in [-0.05, 0) is 12.8 Å². The van der Waals surface area contributed by atoms with Gasteiger partial charge in [-0.2, -0.15) is 0 Å². The van der Waals surface area contributed by atoms with Crippen LogP contribution >= 0.6 is 11.3 Å². The fraction of sp³-hybridized carbons (Fsp3) is 0.600. The van der Waals surface area contributed by atoms with Crippen molar-refractivity contribution >= 4 is 38.0 Å². The van der Waals surface area contributed by atoms with Crippen molar-refractivity contribution in [2.24, 2.45) is 0 Å². The Labute approximate surface area is 115 Å². The Balaban J connectivity index is 2.00. The molecule has 1 aromatic rings. The van der Waals surface area contributed by atoms with Gasteiger partial charge in [0.1, 0.15) is 10.7 Å². The molecule has 7 nitrogen and oxygen atoms in total. The minimum atomic E-state index is -3.05. The van der Waals surface area contributed by atoms with Gasteiger partial charge < -0.3 is 16.4 Å².